The van der Waals surface area contributed by atoms with E-state index in [-0.39, 0.29) is 0 Å². The summed E-state index contributed by atoms with van der Waals surface area (Å²) in [5, 5.41) is 4.56. The molecule has 1 saturated carbocycles. The van der Waals surface area contributed by atoms with Gasteiger partial charge in [0.2, 0.25) is 0 Å². The molecule has 92 valence electrons. The van der Waals surface area contributed by atoms with Crippen LogP contribution in [0.15, 0.2) is 29.2 Å². The van der Waals surface area contributed by atoms with Crippen LogP contribution < -0.4 is 5.32 Å². The summed E-state index contributed by atoms with van der Waals surface area (Å²) >= 11 is 2.10. The quantitative estimate of drug-likeness (QED) is 0.855. The number of nitrogens with one attached hydrogen (secondary N) is 1. The Labute approximate surface area is 108 Å². The van der Waals surface area contributed by atoms with Gasteiger partial charge in [0.05, 0.1) is 0 Å². The minimum absolute atomic E-state index is 0.743. The number of thioether (sulfide) groups is 1. The van der Waals surface area contributed by atoms with E-state index in [9.17, 15) is 0 Å². The fraction of sp³-hybridized carbons (Fsp3) is 0.600. The molecule has 1 heterocycles. The van der Waals surface area contributed by atoms with Crippen molar-refractivity contribution in [1.29, 1.82) is 0 Å². The molecule has 1 aromatic rings. The Bertz CT molecular complexity index is 361. The lowest BCUT2D eigenvalue weighted by atomic mass is 10.0. The Morgan fingerprint density at radius 3 is 2.88 bits per heavy atom. The number of benzene rings is 1. The summed E-state index contributed by atoms with van der Waals surface area (Å²) in [5.74, 6) is 0.952. The van der Waals surface area contributed by atoms with E-state index in [1.54, 1.807) is 5.56 Å². The van der Waals surface area contributed by atoms with Gasteiger partial charge in [0, 0.05) is 16.2 Å². The highest BCUT2D eigenvalue weighted by molar-refractivity contribution is 8.00. The topological polar surface area (TPSA) is 12.0 Å². The zero-order valence-electron chi connectivity index (χ0n) is 10.5. The molecule has 2 unspecified atom stereocenters. The van der Waals surface area contributed by atoms with Crippen LogP contribution in [0.1, 0.15) is 31.7 Å². The molecule has 2 aliphatic rings. The van der Waals surface area contributed by atoms with Crippen LogP contribution in [-0.4, -0.2) is 17.8 Å². The van der Waals surface area contributed by atoms with Crippen LogP contribution in [0.2, 0.25) is 0 Å². The summed E-state index contributed by atoms with van der Waals surface area (Å²) in [6.07, 6.45) is 5.38. The van der Waals surface area contributed by atoms with Crippen molar-refractivity contribution in [2.24, 2.45) is 5.92 Å². The second-order valence-corrected chi connectivity index (χ2v) is 6.57. The van der Waals surface area contributed by atoms with Crippen molar-refractivity contribution in [1.82, 2.24) is 5.32 Å². The molecular formula is C15H21NS. The van der Waals surface area contributed by atoms with Crippen molar-refractivity contribution in [2.45, 2.75) is 48.8 Å². The van der Waals surface area contributed by atoms with Crippen LogP contribution in [0.3, 0.4) is 0 Å². The zero-order valence-corrected chi connectivity index (χ0v) is 11.3. The van der Waals surface area contributed by atoms with Crippen LogP contribution in [0.4, 0.5) is 0 Å². The number of hydrogen-bond acceptors (Lipinski definition) is 2. The summed E-state index contributed by atoms with van der Waals surface area (Å²) in [7, 11) is 0. The van der Waals surface area contributed by atoms with Gasteiger partial charge in [0.25, 0.3) is 0 Å². The third kappa shape index (κ3) is 2.53. The van der Waals surface area contributed by atoms with E-state index >= 15 is 0 Å². The third-order valence-electron chi connectivity index (χ3n) is 3.83. The van der Waals surface area contributed by atoms with E-state index in [4.69, 9.17) is 0 Å². The van der Waals surface area contributed by atoms with E-state index < -0.39 is 0 Å². The first-order valence-electron chi connectivity index (χ1n) is 6.86. The van der Waals surface area contributed by atoms with Crippen LogP contribution in [-0.2, 0) is 6.42 Å². The summed E-state index contributed by atoms with van der Waals surface area (Å²) < 4.78 is 0. The minimum Gasteiger partial charge on any atom is -0.313 e. The predicted octanol–water partition coefficient (Wildman–Crippen LogP) is 3.48. The van der Waals surface area contributed by atoms with Gasteiger partial charge in [0.15, 0.2) is 0 Å². The molecule has 0 spiro atoms. The van der Waals surface area contributed by atoms with Crippen molar-refractivity contribution >= 4 is 11.8 Å². The average Bonchev–Trinajstić information content (AvgIpc) is 3.09. The Balaban J connectivity index is 1.68. The highest BCUT2D eigenvalue weighted by Gasteiger charge is 2.38. The van der Waals surface area contributed by atoms with Crippen LogP contribution in [0.5, 0.6) is 0 Å². The minimum atomic E-state index is 0.743. The van der Waals surface area contributed by atoms with Crippen LogP contribution >= 0.6 is 11.8 Å². The number of hydrogen-bond donors (Lipinski definition) is 1. The fourth-order valence-electron chi connectivity index (χ4n) is 2.78. The van der Waals surface area contributed by atoms with Gasteiger partial charge in [0.1, 0.15) is 0 Å². The first-order chi connectivity index (χ1) is 8.38. The molecule has 17 heavy (non-hydrogen) atoms. The van der Waals surface area contributed by atoms with Gasteiger partial charge in [-0.3, -0.25) is 0 Å². The molecule has 0 radical (unpaired) electrons. The third-order valence-corrected chi connectivity index (χ3v) is 5.25. The maximum Gasteiger partial charge on any atom is 0.0291 e. The Morgan fingerprint density at radius 2 is 2.18 bits per heavy atom. The lowest BCUT2D eigenvalue weighted by Gasteiger charge is -2.23. The monoisotopic (exact) mass is 247 g/mol. The molecule has 1 N–H and O–H groups in total. The molecule has 1 fully saturated rings. The molecule has 0 saturated heterocycles. The van der Waals surface area contributed by atoms with Crippen LogP contribution in [0.25, 0.3) is 0 Å². The summed E-state index contributed by atoms with van der Waals surface area (Å²) in [6, 6.07) is 9.66. The molecule has 2 atom stereocenters. The van der Waals surface area contributed by atoms with E-state index in [2.05, 4.69) is 48.3 Å². The van der Waals surface area contributed by atoms with Crippen molar-refractivity contribution in [2.75, 3.05) is 6.54 Å². The summed E-state index contributed by atoms with van der Waals surface area (Å²) in [4.78, 5) is 1.52. The normalized spacial score (nSPS) is 24.6. The van der Waals surface area contributed by atoms with E-state index in [0.29, 0.717) is 0 Å². The van der Waals surface area contributed by atoms with Crippen molar-refractivity contribution < 1.29 is 0 Å². The van der Waals surface area contributed by atoms with Gasteiger partial charge in [-0.05, 0) is 49.8 Å². The SMILES string of the molecule is CCCNC(C1CC1)C1Cc2ccccc2S1. The molecule has 0 amide bonds. The smallest absolute Gasteiger partial charge is 0.0291 e. The maximum atomic E-state index is 3.79. The zero-order chi connectivity index (χ0) is 11.7. The van der Waals surface area contributed by atoms with Gasteiger partial charge in [-0.15, -0.1) is 11.8 Å². The highest BCUT2D eigenvalue weighted by Crippen LogP contribution is 2.44. The Hall–Kier alpha value is -0.470. The van der Waals surface area contributed by atoms with Crippen molar-refractivity contribution in [3.63, 3.8) is 0 Å². The van der Waals surface area contributed by atoms with Gasteiger partial charge in [-0.2, -0.15) is 0 Å². The molecule has 3 rings (SSSR count). The predicted molar refractivity (Wildman–Crippen MR) is 74.6 cm³/mol. The lowest BCUT2D eigenvalue weighted by Crippen LogP contribution is -2.40. The summed E-state index contributed by atoms with van der Waals surface area (Å²) in [6.45, 7) is 3.43. The molecule has 1 aromatic carbocycles. The number of rotatable bonds is 5. The first kappa shape index (κ1) is 11.6. The largest absolute Gasteiger partial charge is 0.313 e. The molecule has 1 aliphatic heterocycles. The first-order valence-corrected chi connectivity index (χ1v) is 7.74. The average molecular weight is 247 g/mol. The van der Waals surface area contributed by atoms with E-state index in [1.807, 2.05) is 0 Å². The highest BCUT2D eigenvalue weighted by atomic mass is 32.2. The van der Waals surface area contributed by atoms with Gasteiger partial charge >= 0.3 is 0 Å². The van der Waals surface area contributed by atoms with Gasteiger partial charge in [-0.25, -0.2) is 0 Å². The summed E-state index contributed by atoms with van der Waals surface area (Å²) in [5.41, 5.74) is 1.56. The van der Waals surface area contributed by atoms with Crippen molar-refractivity contribution in [3.05, 3.63) is 29.8 Å². The lowest BCUT2D eigenvalue weighted by molar-refractivity contribution is 0.448. The molecular weight excluding hydrogens is 226 g/mol. The maximum absolute atomic E-state index is 3.79. The Morgan fingerprint density at radius 1 is 1.35 bits per heavy atom. The van der Waals surface area contributed by atoms with Crippen LogP contribution in [0, 0.1) is 5.92 Å². The van der Waals surface area contributed by atoms with Crippen molar-refractivity contribution in [3.8, 4) is 0 Å². The van der Waals surface area contributed by atoms with Gasteiger partial charge in [-0.1, -0.05) is 25.1 Å². The Kier molecular flexibility index (Phi) is 3.44. The molecule has 1 aliphatic carbocycles. The fourth-order valence-corrected chi connectivity index (χ4v) is 4.29. The standard InChI is InChI=1S/C15H21NS/c1-2-9-16-15(11-7-8-11)14-10-12-5-3-4-6-13(12)17-14/h3-6,11,14-16H,2,7-10H2,1H3. The second kappa shape index (κ2) is 5.03. The molecule has 1 nitrogen and oxygen atoms in total. The molecule has 0 aromatic heterocycles. The molecule has 0 bridgehead atoms. The van der Waals surface area contributed by atoms with E-state index in [1.165, 1.54) is 37.1 Å². The van der Waals surface area contributed by atoms with E-state index in [0.717, 1.165) is 17.2 Å². The number of fused-ring (bicyclic) bond motifs is 1. The van der Waals surface area contributed by atoms with Gasteiger partial charge < -0.3 is 5.32 Å². The second-order valence-electron chi connectivity index (χ2n) is 5.29. The molecule has 2 heteroatoms.